The van der Waals surface area contributed by atoms with E-state index in [1.807, 2.05) is 84.9 Å². The number of aliphatic imine (C=N–C) groups is 1. The van der Waals surface area contributed by atoms with Crippen molar-refractivity contribution in [3.05, 3.63) is 100 Å². The molecule has 0 aliphatic carbocycles. The molecule has 2 amide bonds. The molecule has 0 fully saturated rings. The Kier molecular flexibility index (Phi) is 6.82. The smallest absolute Gasteiger partial charge is 0.284 e. The van der Waals surface area contributed by atoms with E-state index >= 15 is 0 Å². The molecular formula is C26H22N2O3S. The molecule has 32 heavy (non-hydrogen) atoms. The molecule has 3 aromatic rings. The number of aryl methyl sites for hydroxylation is 1. The van der Waals surface area contributed by atoms with Crippen LogP contribution in [0.25, 0.3) is 6.08 Å². The first-order valence-electron chi connectivity index (χ1n) is 10.2. The number of benzene rings is 3. The standard InChI is InChI=1S/C26H22N2O3S/c1-31-22-14-7-19(8-15-22)17-23-25(30)28-26(32-23)20-10-12-21(13-11-20)27-24(29)16-9-18-5-3-2-4-6-18/h2-8,10-15,17H,9,16H2,1H3,(H,27,29)/b23-17-. The quantitative estimate of drug-likeness (QED) is 0.503. The molecule has 4 rings (SSSR count). The van der Waals surface area contributed by atoms with Crippen LogP contribution < -0.4 is 10.1 Å². The summed E-state index contributed by atoms with van der Waals surface area (Å²) in [6.45, 7) is 0. The van der Waals surface area contributed by atoms with Crippen LogP contribution >= 0.6 is 11.8 Å². The molecule has 0 bridgehead atoms. The second kappa shape index (κ2) is 10.1. The van der Waals surface area contributed by atoms with Crippen LogP contribution in [0.3, 0.4) is 0 Å². The van der Waals surface area contributed by atoms with Gasteiger partial charge in [-0.2, -0.15) is 0 Å². The maximum atomic E-state index is 12.3. The zero-order valence-corrected chi connectivity index (χ0v) is 18.4. The van der Waals surface area contributed by atoms with Crippen molar-refractivity contribution in [2.24, 2.45) is 4.99 Å². The van der Waals surface area contributed by atoms with E-state index < -0.39 is 0 Å². The van der Waals surface area contributed by atoms with Gasteiger partial charge < -0.3 is 10.1 Å². The minimum absolute atomic E-state index is 0.0333. The van der Waals surface area contributed by atoms with Gasteiger partial charge in [-0.25, -0.2) is 4.99 Å². The van der Waals surface area contributed by atoms with Gasteiger partial charge in [-0.3, -0.25) is 9.59 Å². The summed E-state index contributed by atoms with van der Waals surface area (Å²) in [5.41, 5.74) is 3.60. The number of methoxy groups -OCH3 is 1. The highest BCUT2D eigenvalue weighted by atomic mass is 32.2. The summed E-state index contributed by atoms with van der Waals surface area (Å²) in [4.78, 5) is 29.3. The number of hydrogen-bond acceptors (Lipinski definition) is 4. The van der Waals surface area contributed by atoms with Crippen LogP contribution in [0.5, 0.6) is 5.75 Å². The zero-order chi connectivity index (χ0) is 22.3. The topological polar surface area (TPSA) is 67.8 Å². The number of carbonyl (C=O) groups excluding carboxylic acids is 2. The number of amides is 2. The SMILES string of the molecule is COc1ccc(/C=C2\SC(c3ccc(NC(=O)CCc4ccccc4)cc3)=NC2=O)cc1. The molecule has 5 nitrogen and oxygen atoms in total. The Morgan fingerprint density at radius 3 is 2.41 bits per heavy atom. The van der Waals surface area contributed by atoms with Gasteiger partial charge in [0, 0.05) is 17.7 Å². The first-order valence-corrected chi connectivity index (χ1v) is 11.0. The second-order valence-corrected chi connectivity index (χ2v) is 8.25. The molecule has 0 aromatic heterocycles. The lowest BCUT2D eigenvalue weighted by Gasteiger charge is -2.07. The Morgan fingerprint density at radius 1 is 1.00 bits per heavy atom. The Balaban J connectivity index is 1.35. The van der Waals surface area contributed by atoms with Gasteiger partial charge in [0.1, 0.15) is 10.8 Å². The highest BCUT2D eigenvalue weighted by Gasteiger charge is 2.23. The Labute approximate surface area is 191 Å². The molecule has 0 saturated heterocycles. The van der Waals surface area contributed by atoms with Crippen LogP contribution in [0.1, 0.15) is 23.1 Å². The molecule has 0 spiro atoms. The van der Waals surface area contributed by atoms with E-state index in [9.17, 15) is 9.59 Å². The van der Waals surface area contributed by atoms with E-state index in [1.165, 1.54) is 11.8 Å². The molecule has 1 aliphatic heterocycles. The Hall–Kier alpha value is -3.64. The van der Waals surface area contributed by atoms with Gasteiger partial charge >= 0.3 is 0 Å². The van der Waals surface area contributed by atoms with Gasteiger partial charge in [-0.1, -0.05) is 66.4 Å². The number of thioether (sulfide) groups is 1. The monoisotopic (exact) mass is 442 g/mol. The van der Waals surface area contributed by atoms with Crippen molar-refractivity contribution in [2.75, 3.05) is 12.4 Å². The number of nitrogens with one attached hydrogen (secondary N) is 1. The van der Waals surface area contributed by atoms with E-state index in [2.05, 4.69) is 10.3 Å². The first kappa shape index (κ1) is 21.6. The minimum Gasteiger partial charge on any atom is -0.497 e. The number of rotatable bonds is 7. The van der Waals surface area contributed by atoms with Crippen LogP contribution in [0.15, 0.2) is 88.8 Å². The predicted octanol–water partition coefficient (Wildman–Crippen LogP) is 5.33. The average molecular weight is 443 g/mol. The average Bonchev–Trinajstić information content (AvgIpc) is 3.19. The molecular weight excluding hydrogens is 420 g/mol. The highest BCUT2D eigenvalue weighted by Crippen LogP contribution is 2.32. The zero-order valence-electron chi connectivity index (χ0n) is 17.6. The van der Waals surface area contributed by atoms with Crippen LogP contribution in [0.2, 0.25) is 0 Å². The van der Waals surface area contributed by atoms with Crippen molar-refractivity contribution in [1.29, 1.82) is 0 Å². The number of anilines is 1. The second-order valence-electron chi connectivity index (χ2n) is 7.22. The van der Waals surface area contributed by atoms with E-state index in [-0.39, 0.29) is 11.8 Å². The lowest BCUT2D eigenvalue weighted by molar-refractivity contribution is -0.116. The maximum absolute atomic E-state index is 12.3. The van der Waals surface area contributed by atoms with Gasteiger partial charge in [-0.15, -0.1) is 0 Å². The van der Waals surface area contributed by atoms with Gasteiger partial charge in [0.2, 0.25) is 5.91 Å². The van der Waals surface area contributed by atoms with Crippen LogP contribution in [0, 0.1) is 0 Å². The lowest BCUT2D eigenvalue weighted by atomic mass is 10.1. The molecule has 6 heteroatoms. The van der Waals surface area contributed by atoms with Crippen molar-refractivity contribution in [3.63, 3.8) is 0 Å². The largest absolute Gasteiger partial charge is 0.497 e. The van der Waals surface area contributed by atoms with Crippen LogP contribution in [-0.2, 0) is 16.0 Å². The van der Waals surface area contributed by atoms with Gasteiger partial charge in [0.15, 0.2) is 0 Å². The fourth-order valence-electron chi connectivity index (χ4n) is 3.21. The van der Waals surface area contributed by atoms with Crippen molar-refractivity contribution < 1.29 is 14.3 Å². The minimum atomic E-state index is -0.251. The summed E-state index contributed by atoms with van der Waals surface area (Å²) in [7, 11) is 1.62. The third-order valence-electron chi connectivity index (χ3n) is 4.93. The fraction of sp³-hybridized carbons (Fsp3) is 0.115. The first-order chi connectivity index (χ1) is 15.6. The van der Waals surface area contributed by atoms with Crippen molar-refractivity contribution in [1.82, 2.24) is 0 Å². The van der Waals surface area contributed by atoms with E-state index in [1.54, 1.807) is 7.11 Å². The number of hydrogen-bond donors (Lipinski definition) is 1. The molecule has 0 atom stereocenters. The van der Waals surface area contributed by atoms with Crippen LogP contribution in [-0.4, -0.2) is 24.0 Å². The summed E-state index contributed by atoms with van der Waals surface area (Å²) in [6.07, 6.45) is 2.94. The molecule has 3 aromatic carbocycles. The molecule has 1 heterocycles. The molecule has 0 radical (unpaired) electrons. The number of carbonyl (C=O) groups is 2. The van der Waals surface area contributed by atoms with Gasteiger partial charge in [-0.05, 0) is 47.9 Å². The van der Waals surface area contributed by atoms with Crippen molar-refractivity contribution >= 4 is 40.4 Å². The summed E-state index contributed by atoms with van der Waals surface area (Å²) in [6, 6.07) is 24.8. The van der Waals surface area contributed by atoms with Gasteiger partial charge in [0.25, 0.3) is 5.91 Å². The summed E-state index contributed by atoms with van der Waals surface area (Å²) in [5.74, 6) is 0.481. The van der Waals surface area contributed by atoms with E-state index in [0.717, 1.165) is 28.1 Å². The fourth-order valence-corrected chi connectivity index (χ4v) is 4.13. The summed E-state index contributed by atoms with van der Waals surface area (Å²) in [5, 5.41) is 3.57. The predicted molar refractivity (Wildman–Crippen MR) is 130 cm³/mol. The van der Waals surface area contributed by atoms with E-state index in [4.69, 9.17) is 4.74 Å². The molecule has 1 N–H and O–H groups in total. The molecule has 160 valence electrons. The highest BCUT2D eigenvalue weighted by molar-refractivity contribution is 8.19. The summed E-state index contributed by atoms with van der Waals surface area (Å²) < 4.78 is 5.16. The number of ether oxygens (including phenoxy) is 1. The maximum Gasteiger partial charge on any atom is 0.284 e. The Bertz CT molecular complexity index is 1170. The molecule has 0 saturated carbocycles. The third kappa shape index (κ3) is 5.53. The molecule has 1 aliphatic rings. The summed E-state index contributed by atoms with van der Waals surface area (Å²) >= 11 is 1.35. The third-order valence-corrected chi connectivity index (χ3v) is 5.97. The molecule has 0 unspecified atom stereocenters. The normalized spacial score (nSPS) is 14.3. The Morgan fingerprint density at radius 2 is 1.72 bits per heavy atom. The van der Waals surface area contributed by atoms with Gasteiger partial charge in [0.05, 0.1) is 12.0 Å². The van der Waals surface area contributed by atoms with E-state index in [0.29, 0.717) is 22.8 Å². The van der Waals surface area contributed by atoms with Crippen molar-refractivity contribution in [3.8, 4) is 5.75 Å². The van der Waals surface area contributed by atoms with Crippen molar-refractivity contribution in [2.45, 2.75) is 12.8 Å². The van der Waals surface area contributed by atoms with Crippen LogP contribution in [0.4, 0.5) is 5.69 Å². The lowest BCUT2D eigenvalue weighted by Crippen LogP contribution is -2.12. The number of nitrogens with zero attached hydrogens (tertiary/aromatic N) is 1.